The van der Waals surface area contributed by atoms with Gasteiger partial charge in [-0.25, -0.2) is 0 Å². The van der Waals surface area contributed by atoms with E-state index < -0.39 is 53.5 Å². The lowest BCUT2D eigenvalue weighted by Gasteiger charge is -2.52. The summed E-state index contributed by atoms with van der Waals surface area (Å²) < 4.78 is 44.5. The molecule has 0 aromatic heterocycles. The molecule has 4 fully saturated rings. The zero-order chi connectivity index (χ0) is 34.4. The van der Waals surface area contributed by atoms with E-state index in [2.05, 4.69) is 39.3 Å². The molecular formula is C36H78O6Si6. The Balaban J connectivity index is 1.84. The fraction of sp³-hybridized carbons (Fsp3) is 1.00. The van der Waals surface area contributed by atoms with E-state index >= 15 is 0 Å². The van der Waals surface area contributed by atoms with Crippen LogP contribution in [0.25, 0.3) is 0 Å². The van der Waals surface area contributed by atoms with Gasteiger partial charge in [0, 0.05) is 16.6 Å². The first-order chi connectivity index (χ1) is 23.0. The molecule has 48 heavy (non-hydrogen) atoms. The first-order valence-electron chi connectivity index (χ1n) is 21.1. The molecule has 0 amide bonds. The van der Waals surface area contributed by atoms with Gasteiger partial charge in [-0.2, -0.15) is 0 Å². The van der Waals surface area contributed by atoms with Gasteiger partial charge in [0.1, 0.15) is 0 Å². The molecule has 2 unspecified atom stereocenters. The van der Waals surface area contributed by atoms with Crippen LogP contribution in [0.5, 0.6) is 0 Å². The van der Waals surface area contributed by atoms with Crippen molar-refractivity contribution in [3.8, 4) is 0 Å². The topological polar surface area (TPSA) is 55.4 Å². The van der Waals surface area contributed by atoms with Gasteiger partial charge in [-0.1, -0.05) is 135 Å². The molecule has 3 saturated carbocycles. The Morgan fingerprint density at radius 1 is 0.438 bits per heavy atom. The first kappa shape index (κ1) is 41.8. The van der Waals surface area contributed by atoms with Gasteiger partial charge in [0.2, 0.25) is 0 Å². The molecule has 0 aromatic carbocycles. The van der Waals surface area contributed by atoms with Gasteiger partial charge in [0.15, 0.2) is 0 Å². The van der Waals surface area contributed by atoms with Gasteiger partial charge < -0.3 is 24.7 Å². The van der Waals surface area contributed by atoms with Gasteiger partial charge in [0.05, 0.1) is 0 Å². The first-order valence-corrected chi connectivity index (χ1v) is 34.3. The normalized spacial score (nSPS) is 33.5. The second-order valence-electron chi connectivity index (χ2n) is 17.2. The zero-order valence-electron chi connectivity index (χ0n) is 32.6. The molecular weight excluding hydrogens is 697 g/mol. The Hall–Kier alpha value is 1.06. The summed E-state index contributed by atoms with van der Waals surface area (Å²) in [7, 11) is -13.9. The van der Waals surface area contributed by atoms with Crippen molar-refractivity contribution < 1.29 is 24.7 Å². The molecule has 0 radical (unpaired) electrons. The van der Waals surface area contributed by atoms with E-state index in [0.29, 0.717) is 16.6 Å². The van der Waals surface area contributed by atoms with Crippen LogP contribution < -0.4 is 0 Å². The molecule has 6 nitrogen and oxygen atoms in total. The summed E-state index contributed by atoms with van der Waals surface area (Å²) in [6.07, 6.45) is 36.1. The predicted octanol–water partition coefficient (Wildman–Crippen LogP) is 11.6. The van der Waals surface area contributed by atoms with E-state index in [1.165, 1.54) is 173 Å². The molecule has 3 aliphatic carbocycles. The summed E-state index contributed by atoms with van der Waals surface area (Å²) in [6.45, 7) is 13.7. The minimum absolute atomic E-state index is 0.491. The molecule has 0 aromatic rings. The predicted molar refractivity (Wildman–Crippen MR) is 216 cm³/mol. The van der Waals surface area contributed by atoms with Crippen LogP contribution in [0.3, 0.4) is 0 Å². The maximum Gasteiger partial charge on any atom is 0.326 e. The molecule has 0 spiro atoms. The van der Waals surface area contributed by atoms with Crippen molar-refractivity contribution in [2.75, 3.05) is 0 Å². The zero-order valence-corrected chi connectivity index (χ0v) is 39.1. The molecule has 4 aliphatic rings. The van der Waals surface area contributed by atoms with Gasteiger partial charge in [-0.15, -0.1) is 0 Å². The summed E-state index contributed by atoms with van der Waals surface area (Å²) in [5.74, 6) is 0. The quantitative estimate of drug-likeness (QED) is 0.266. The standard InChI is InChI=1S/C36H78O6Si6/c1-44-37-43-38-48(35-30-24-18-12-8-13-19-25-31-35,36-32-26-20-14-9-15-21-27-33-36)42-47(6,41-46(4,5)40-45(2,3)39-44)34-28-22-16-10-7-11-17-23-29-34/h34-36,44H,7-33,43H2,1-6H3. The van der Waals surface area contributed by atoms with Gasteiger partial charge in [-0.05, 0) is 77.8 Å². The molecule has 2 atom stereocenters. The fourth-order valence-corrected chi connectivity index (χ4v) is 39.0. The van der Waals surface area contributed by atoms with Crippen LogP contribution in [-0.4, -0.2) is 53.5 Å². The minimum atomic E-state index is -2.82. The SMILES string of the molecule is C[SiH]1O[SiH2]O[Si](C2CCCCCCCCC2)(C2CCCCCCCCC2)O[Si](C)(C2CCCCCCCCC2)O[Si](C)(C)O[Si](C)(C)O1. The fourth-order valence-electron chi connectivity index (χ4n) is 9.81. The van der Waals surface area contributed by atoms with E-state index in [-0.39, 0.29) is 0 Å². The van der Waals surface area contributed by atoms with Crippen molar-refractivity contribution in [3.63, 3.8) is 0 Å². The van der Waals surface area contributed by atoms with Crippen molar-refractivity contribution in [3.05, 3.63) is 0 Å². The van der Waals surface area contributed by atoms with Crippen molar-refractivity contribution in [1.29, 1.82) is 0 Å². The van der Waals surface area contributed by atoms with Crippen molar-refractivity contribution in [2.24, 2.45) is 0 Å². The summed E-state index contributed by atoms with van der Waals surface area (Å²) >= 11 is 0. The summed E-state index contributed by atoms with van der Waals surface area (Å²) in [4.78, 5) is 0. The number of rotatable bonds is 3. The highest BCUT2D eigenvalue weighted by Crippen LogP contribution is 2.51. The van der Waals surface area contributed by atoms with Crippen LogP contribution in [0.15, 0.2) is 0 Å². The van der Waals surface area contributed by atoms with Crippen LogP contribution in [0.4, 0.5) is 0 Å². The van der Waals surface area contributed by atoms with E-state index in [9.17, 15) is 0 Å². The van der Waals surface area contributed by atoms with E-state index in [4.69, 9.17) is 24.7 Å². The molecule has 0 bridgehead atoms. The Morgan fingerprint density at radius 2 is 0.792 bits per heavy atom. The van der Waals surface area contributed by atoms with Gasteiger partial charge in [-0.3, -0.25) is 0 Å². The molecule has 1 saturated heterocycles. The monoisotopic (exact) mass is 774 g/mol. The van der Waals surface area contributed by atoms with Crippen LogP contribution in [-0.2, 0) is 24.7 Å². The maximum absolute atomic E-state index is 8.39. The van der Waals surface area contributed by atoms with Crippen molar-refractivity contribution in [2.45, 2.75) is 229 Å². The molecule has 282 valence electrons. The third kappa shape index (κ3) is 13.8. The van der Waals surface area contributed by atoms with E-state index in [0.717, 1.165) is 0 Å². The Bertz CT molecular complexity index is 843. The second kappa shape index (κ2) is 21.1. The Kier molecular flexibility index (Phi) is 18.4. The average Bonchev–Trinajstić information content (AvgIpc) is 3.02. The lowest BCUT2D eigenvalue weighted by Crippen LogP contribution is -2.65. The summed E-state index contributed by atoms with van der Waals surface area (Å²) in [5.41, 5.74) is 1.56. The van der Waals surface area contributed by atoms with Crippen molar-refractivity contribution in [1.82, 2.24) is 0 Å². The smallest absolute Gasteiger partial charge is 0.326 e. The largest absolute Gasteiger partial charge is 0.423 e. The number of hydrogen-bond donors (Lipinski definition) is 0. The lowest BCUT2D eigenvalue weighted by molar-refractivity contribution is 0.219. The average molecular weight is 776 g/mol. The number of hydrogen-bond acceptors (Lipinski definition) is 6. The third-order valence-corrected chi connectivity index (χ3v) is 36.2. The van der Waals surface area contributed by atoms with Crippen LogP contribution in [0.1, 0.15) is 173 Å². The summed E-state index contributed by atoms with van der Waals surface area (Å²) in [5, 5.41) is 0. The van der Waals surface area contributed by atoms with E-state index in [1.807, 2.05) is 0 Å². The molecule has 4 rings (SSSR count). The molecule has 12 heteroatoms. The molecule has 1 heterocycles. The van der Waals surface area contributed by atoms with Gasteiger partial charge >= 0.3 is 34.2 Å². The highest BCUT2D eigenvalue weighted by molar-refractivity contribution is 6.91. The highest BCUT2D eigenvalue weighted by atomic mass is 28.5. The second-order valence-corrected chi connectivity index (χ2v) is 36.0. The Labute approximate surface area is 306 Å². The minimum Gasteiger partial charge on any atom is -0.423 e. The Morgan fingerprint density at radius 3 is 1.19 bits per heavy atom. The van der Waals surface area contributed by atoms with Crippen LogP contribution in [0.2, 0.25) is 55.9 Å². The van der Waals surface area contributed by atoms with Gasteiger partial charge in [0.25, 0.3) is 19.3 Å². The van der Waals surface area contributed by atoms with Crippen molar-refractivity contribution >= 4 is 53.5 Å². The summed E-state index contributed by atoms with van der Waals surface area (Å²) in [6, 6.07) is 0. The molecule has 1 aliphatic heterocycles. The lowest BCUT2D eigenvalue weighted by atomic mass is 10.00. The van der Waals surface area contributed by atoms with Crippen LogP contribution >= 0.6 is 0 Å². The highest BCUT2D eigenvalue weighted by Gasteiger charge is 2.59. The molecule has 0 N–H and O–H groups in total. The maximum atomic E-state index is 8.39. The van der Waals surface area contributed by atoms with E-state index in [1.54, 1.807) is 0 Å². The van der Waals surface area contributed by atoms with Crippen LogP contribution in [0, 0.1) is 0 Å². The third-order valence-electron chi connectivity index (χ3n) is 12.0.